The molecule has 0 bridgehead atoms. The fourth-order valence-corrected chi connectivity index (χ4v) is 5.79. The topological polar surface area (TPSA) is 114 Å². The van der Waals surface area contributed by atoms with Crippen LogP contribution in [0.4, 0.5) is 13.2 Å². The maximum absolute atomic E-state index is 13.0. The van der Waals surface area contributed by atoms with Gasteiger partial charge in [-0.25, -0.2) is 13.4 Å². The second-order valence-corrected chi connectivity index (χ2v) is 11.7. The zero-order valence-corrected chi connectivity index (χ0v) is 21.9. The van der Waals surface area contributed by atoms with Gasteiger partial charge in [-0.2, -0.15) is 18.4 Å². The Hall–Kier alpha value is -3.07. The lowest BCUT2D eigenvalue weighted by molar-refractivity contribution is -0.134. The summed E-state index contributed by atoms with van der Waals surface area (Å²) in [6.07, 6.45) is -1.38. The molecule has 1 aliphatic carbocycles. The van der Waals surface area contributed by atoms with Gasteiger partial charge in [0, 0.05) is 25.6 Å². The van der Waals surface area contributed by atoms with Gasteiger partial charge in [0.2, 0.25) is 0 Å². The number of rotatable bonds is 9. The van der Waals surface area contributed by atoms with Crippen LogP contribution in [0.3, 0.4) is 0 Å². The molecule has 2 aromatic rings. The highest BCUT2D eigenvalue weighted by atomic mass is 32.2. The summed E-state index contributed by atoms with van der Waals surface area (Å²) in [5.74, 6) is 0.301. The van der Waals surface area contributed by atoms with Crippen LogP contribution in [-0.2, 0) is 22.7 Å². The Bertz CT molecular complexity index is 1270. The number of ether oxygens (including phenoxy) is 1. The second-order valence-electron chi connectivity index (χ2n) is 9.33. The van der Waals surface area contributed by atoms with E-state index in [0.29, 0.717) is 55.7 Å². The fraction of sp³-hybridized carbons (Fsp3) is 0.560. The average molecular weight is 541 g/mol. The summed E-state index contributed by atoms with van der Waals surface area (Å²) >= 11 is 0. The minimum absolute atomic E-state index is 0.00326. The van der Waals surface area contributed by atoms with Gasteiger partial charge in [-0.3, -0.25) is 9.36 Å². The summed E-state index contributed by atoms with van der Waals surface area (Å²) in [6, 6.07) is 6.63. The molecular formula is C25H31F3N4O4S. The number of benzene rings is 1. The van der Waals surface area contributed by atoms with Gasteiger partial charge in [-0.1, -0.05) is 13.0 Å². The van der Waals surface area contributed by atoms with Crippen LogP contribution < -0.4 is 10.1 Å². The van der Waals surface area contributed by atoms with Crippen molar-refractivity contribution in [1.82, 2.24) is 14.9 Å². The van der Waals surface area contributed by atoms with Gasteiger partial charge in [0.05, 0.1) is 18.0 Å². The van der Waals surface area contributed by atoms with Crippen molar-refractivity contribution in [3.8, 4) is 17.5 Å². The molecule has 8 nitrogen and oxygen atoms in total. The molecule has 1 aliphatic rings. The average Bonchev–Trinajstić information content (AvgIpc) is 3.23. The maximum Gasteiger partial charge on any atom is 0.389 e. The molecule has 0 saturated heterocycles. The van der Waals surface area contributed by atoms with Crippen LogP contribution in [0.5, 0.6) is 5.75 Å². The molecule has 1 amide bonds. The zero-order valence-electron chi connectivity index (χ0n) is 21.1. The number of aromatic nitrogens is 2. The van der Waals surface area contributed by atoms with Crippen molar-refractivity contribution in [1.29, 1.82) is 5.26 Å². The van der Waals surface area contributed by atoms with Crippen LogP contribution in [0.25, 0.3) is 5.69 Å². The summed E-state index contributed by atoms with van der Waals surface area (Å²) in [5, 5.41) is 12.4. The van der Waals surface area contributed by atoms with E-state index in [9.17, 15) is 31.6 Å². The Morgan fingerprint density at radius 1 is 1.27 bits per heavy atom. The molecule has 3 rings (SSSR count). The number of nitriles is 1. The van der Waals surface area contributed by atoms with Crippen LogP contribution in [0.1, 0.15) is 66.6 Å². The number of imidazole rings is 1. The van der Waals surface area contributed by atoms with E-state index in [1.165, 1.54) is 30.1 Å². The summed E-state index contributed by atoms with van der Waals surface area (Å²) in [4.78, 5) is 17.4. The monoisotopic (exact) mass is 540 g/mol. The summed E-state index contributed by atoms with van der Waals surface area (Å²) in [5.41, 5.74) is 0.777. The second kappa shape index (κ2) is 11.5. The van der Waals surface area contributed by atoms with Gasteiger partial charge in [0.25, 0.3) is 5.91 Å². The van der Waals surface area contributed by atoms with Crippen molar-refractivity contribution in [2.75, 3.05) is 19.9 Å². The van der Waals surface area contributed by atoms with Crippen LogP contribution in [0.2, 0.25) is 0 Å². The van der Waals surface area contributed by atoms with Gasteiger partial charge in [0.15, 0.2) is 11.4 Å². The molecule has 1 aromatic carbocycles. The standard InChI is InChI=1S/C25H31F3N4O4S/c1-4-22-31-23(24(33)30-15-17-5-8-18(9-6-17)37(3,34)35)20(14-29)32(22)19-10-7-16(13-21(19)36-2)11-12-25(26,27)28/h7,10,13,17-18H,4-6,8-9,11-12,15H2,1-3H3,(H,30,33)/t17-,18+. The van der Waals surface area contributed by atoms with Crippen LogP contribution >= 0.6 is 0 Å². The van der Waals surface area contributed by atoms with Crippen molar-refractivity contribution in [3.63, 3.8) is 0 Å². The Balaban J connectivity index is 1.81. The molecule has 12 heteroatoms. The number of nitrogens with zero attached hydrogens (tertiary/aromatic N) is 3. The Labute approximate surface area is 214 Å². The molecule has 202 valence electrons. The fourth-order valence-electron chi connectivity index (χ4n) is 4.66. The van der Waals surface area contributed by atoms with Gasteiger partial charge in [-0.05, 0) is 55.7 Å². The Morgan fingerprint density at radius 3 is 2.49 bits per heavy atom. The lowest BCUT2D eigenvalue weighted by Gasteiger charge is -2.27. The van der Waals surface area contributed by atoms with Gasteiger partial charge in [-0.15, -0.1) is 0 Å². The Kier molecular flexibility index (Phi) is 8.89. The smallest absolute Gasteiger partial charge is 0.389 e. The van der Waals surface area contributed by atoms with Crippen molar-refractivity contribution in [3.05, 3.63) is 41.0 Å². The largest absolute Gasteiger partial charge is 0.495 e. The predicted molar refractivity (Wildman–Crippen MR) is 132 cm³/mol. The van der Waals surface area contributed by atoms with Crippen LogP contribution in [-0.4, -0.2) is 55.2 Å². The number of hydrogen-bond donors (Lipinski definition) is 1. The first kappa shape index (κ1) is 28.5. The molecule has 1 fully saturated rings. The number of aryl methyl sites for hydroxylation is 2. The van der Waals surface area contributed by atoms with E-state index in [0.717, 1.165) is 0 Å². The molecule has 0 radical (unpaired) electrons. The summed E-state index contributed by atoms with van der Waals surface area (Å²) in [6.45, 7) is 2.15. The summed E-state index contributed by atoms with van der Waals surface area (Å²) < 4.78 is 68.4. The van der Waals surface area contributed by atoms with E-state index in [-0.39, 0.29) is 34.7 Å². The molecule has 0 aliphatic heterocycles. The SMILES string of the molecule is CCc1nc(C(=O)NC[C@H]2CC[C@@H](S(C)(=O)=O)CC2)c(C#N)n1-c1ccc(CCC(F)(F)F)cc1OC. The van der Waals surface area contributed by atoms with E-state index in [4.69, 9.17) is 4.74 Å². The van der Waals surface area contributed by atoms with Crippen molar-refractivity contribution in [2.45, 2.75) is 63.3 Å². The lowest BCUT2D eigenvalue weighted by Crippen LogP contribution is -2.34. The van der Waals surface area contributed by atoms with E-state index in [1.807, 2.05) is 13.0 Å². The van der Waals surface area contributed by atoms with E-state index < -0.39 is 28.3 Å². The van der Waals surface area contributed by atoms with Crippen LogP contribution in [0.15, 0.2) is 18.2 Å². The van der Waals surface area contributed by atoms with E-state index in [1.54, 1.807) is 6.07 Å². The zero-order chi connectivity index (χ0) is 27.4. The highest BCUT2D eigenvalue weighted by Gasteiger charge is 2.30. The third-order valence-corrected chi connectivity index (χ3v) is 8.40. The molecule has 1 saturated carbocycles. The number of hydrogen-bond acceptors (Lipinski definition) is 6. The first-order chi connectivity index (χ1) is 17.4. The minimum atomic E-state index is -4.28. The first-order valence-corrected chi connectivity index (χ1v) is 14.1. The third kappa shape index (κ3) is 7.03. The molecule has 1 aromatic heterocycles. The number of alkyl halides is 3. The summed E-state index contributed by atoms with van der Waals surface area (Å²) in [7, 11) is -1.70. The molecule has 1 N–H and O–H groups in total. The van der Waals surface area contributed by atoms with Crippen molar-refractivity contribution in [2.24, 2.45) is 5.92 Å². The van der Waals surface area contributed by atoms with Crippen molar-refractivity contribution < 1.29 is 31.1 Å². The molecule has 0 unspecified atom stereocenters. The highest BCUT2D eigenvalue weighted by molar-refractivity contribution is 7.91. The number of nitrogens with one attached hydrogen (secondary N) is 1. The minimum Gasteiger partial charge on any atom is -0.495 e. The molecular weight excluding hydrogens is 509 g/mol. The number of sulfone groups is 1. The van der Waals surface area contributed by atoms with Gasteiger partial charge < -0.3 is 10.1 Å². The van der Waals surface area contributed by atoms with Gasteiger partial charge in [0.1, 0.15) is 27.5 Å². The maximum atomic E-state index is 13.0. The number of methoxy groups -OCH3 is 1. The van der Waals surface area contributed by atoms with Crippen molar-refractivity contribution >= 4 is 15.7 Å². The van der Waals surface area contributed by atoms with Crippen LogP contribution in [0, 0.1) is 17.2 Å². The molecule has 0 spiro atoms. The highest BCUT2D eigenvalue weighted by Crippen LogP contribution is 2.31. The first-order valence-electron chi connectivity index (χ1n) is 12.1. The quantitative estimate of drug-likeness (QED) is 0.511. The number of carbonyl (C=O) groups is 1. The van der Waals surface area contributed by atoms with Gasteiger partial charge >= 0.3 is 6.18 Å². The van der Waals surface area contributed by atoms with E-state index >= 15 is 0 Å². The number of amides is 1. The lowest BCUT2D eigenvalue weighted by atomic mass is 9.89. The number of halogens is 3. The molecule has 0 atom stereocenters. The Morgan fingerprint density at radius 2 is 1.95 bits per heavy atom. The number of carbonyl (C=O) groups excluding carboxylic acids is 1. The molecule has 37 heavy (non-hydrogen) atoms. The molecule has 1 heterocycles. The normalized spacial score (nSPS) is 18.3. The van der Waals surface area contributed by atoms with E-state index in [2.05, 4.69) is 10.3 Å². The predicted octanol–water partition coefficient (Wildman–Crippen LogP) is 4.14. The third-order valence-electron chi connectivity index (χ3n) is 6.72.